The molecule has 0 spiro atoms. The number of halogens is 4. The molecule has 0 aliphatic carbocycles. The molecule has 0 saturated heterocycles. The predicted octanol–water partition coefficient (Wildman–Crippen LogP) is 3.53. The number of aryl methyl sites for hydroxylation is 1. The number of fused-ring (bicyclic) bond motifs is 1. The first-order valence-corrected chi connectivity index (χ1v) is 8.02. The Morgan fingerprint density at radius 2 is 1.88 bits per heavy atom. The van der Waals surface area contributed by atoms with Gasteiger partial charge in [-0.2, -0.15) is 14.6 Å². The summed E-state index contributed by atoms with van der Waals surface area (Å²) >= 11 is 5.93. The molecule has 0 radical (unpaired) electrons. The minimum atomic E-state index is -1.75. The van der Waals surface area contributed by atoms with Crippen LogP contribution in [0, 0.1) is 0 Å². The summed E-state index contributed by atoms with van der Waals surface area (Å²) in [5.74, 6) is 0. The van der Waals surface area contributed by atoms with Gasteiger partial charge in [0.2, 0.25) is 6.93 Å². The third-order valence-corrected chi connectivity index (χ3v) is 3.58. The molecule has 0 aliphatic rings. The van der Waals surface area contributed by atoms with Crippen LogP contribution in [0.4, 0.5) is 13.2 Å². The number of nitrogens with zero attached hydrogens (tertiary/aromatic N) is 3. The highest BCUT2D eigenvalue weighted by molar-refractivity contribution is 6.30. The Balaban J connectivity index is 0.000000758. The highest BCUT2D eigenvalue weighted by Gasteiger charge is 2.18. The summed E-state index contributed by atoms with van der Waals surface area (Å²) in [6.45, 7) is -0.654. The van der Waals surface area contributed by atoms with Crippen molar-refractivity contribution < 1.29 is 17.9 Å². The summed E-state index contributed by atoms with van der Waals surface area (Å²) in [7, 11) is 0. The van der Waals surface area contributed by atoms with Gasteiger partial charge in [-0.3, -0.25) is 4.98 Å². The fourth-order valence-electron chi connectivity index (χ4n) is 2.33. The number of ether oxygens (including phenoxy) is 1. The van der Waals surface area contributed by atoms with E-state index in [-0.39, 0.29) is 12.6 Å². The summed E-state index contributed by atoms with van der Waals surface area (Å²) < 4.78 is 37.8. The average molecular weight is 389 g/mol. The number of nitrogens with one attached hydrogen (secondary N) is 1. The predicted molar refractivity (Wildman–Crippen MR) is 92.0 cm³/mol. The largest absolute Gasteiger partial charge is 0.462 e. The maximum absolute atomic E-state index is 12.3. The van der Waals surface area contributed by atoms with Gasteiger partial charge in [-0.15, -0.1) is 0 Å². The van der Waals surface area contributed by atoms with Gasteiger partial charge >= 0.3 is 5.69 Å². The summed E-state index contributed by atoms with van der Waals surface area (Å²) in [4.78, 5) is 18.8. The SMILES string of the molecule is CCc1nn2c(=O)[nH]c(OCCF)nc2c1-c1ccc(Cl)cc1.FCF. The number of aromatic amines is 1. The molecule has 3 rings (SSSR count). The van der Waals surface area contributed by atoms with Crippen LogP contribution < -0.4 is 10.4 Å². The number of hydrogen-bond acceptors (Lipinski definition) is 4. The van der Waals surface area contributed by atoms with Crippen LogP contribution in [0.25, 0.3) is 16.8 Å². The van der Waals surface area contributed by atoms with E-state index in [1.54, 1.807) is 12.1 Å². The molecule has 0 atom stereocenters. The second-order valence-electron chi connectivity index (χ2n) is 4.90. The Kier molecular flexibility index (Phi) is 7.02. The smallest absolute Gasteiger partial charge is 0.352 e. The lowest BCUT2D eigenvalue weighted by atomic mass is 10.0. The van der Waals surface area contributed by atoms with Crippen LogP contribution in [0.2, 0.25) is 5.02 Å². The van der Waals surface area contributed by atoms with Crippen molar-refractivity contribution in [1.29, 1.82) is 0 Å². The molecule has 3 aromatic rings. The lowest BCUT2D eigenvalue weighted by Crippen LogP contribution is -2.20. The fraction of sp³-hybridized carbons (Fsp3) is 0.312. The Morgan fingerprint density at radius 1 is 1.23 bits per heavy atom. The zero-order valence-electron chi connectivity index (χ0n) is 13.8. The molecule has 140 valence electrons. The molecule has 0 bridgehead atoms. The lowest BCUT2D eigenvalue weighted by Gasteiger charge is -2.04. The van der Waals surface area contributed by atoms with E-state index in [1.165, 1.54) is 4.52 Å². The number of rotatable bonds is 5. The van der Waals surface area contributed by atoms with E-state index in [4.69, 9.17) is 16.3 Å². The zero-order chi connectivity index (χ0) is 19.1. The third kappa shape index (κ3) is 4.34. The minimum Gasteiger partial charge on any atom is -0.462 e. The normalized spacial score (nSPS) is 10.5. The first-order chi connectivity index (χ1) is 12.5. The molecule has 6 nitrogen and oxygen atoms in total. The molecule has 1 N–H and O–H groups in total. The van der Waals surface area contributed by atoms with Gasteiger partial charge in [-0.25, -0.2) is 18.0 Å². The summed E-state index contributed by atoms with van der Waals surface area (Å²) in [5.41, 5.74) is 2.18. The van der Waals surface area contributed by atoms with Gasteiger partial charge in [0.25, 0.3) is 6.01 Å². The van der Waals surface area contributed by atoms with Crippen molar-refractivity contribution in [3.8, 4) is 17.1 Å². The van der Waals surface area contributed by atoms with Crippen LogP contribution >= 0.6 is 11.6 Å². The Hall–Kier alpha value is -2.55. The quantitative estimate of drug-likeness (QED) is 0.725. The molecular formula is C16H16ClF3N4O2. The third-order valence-electron chi connectivity index (χ3n) is 3.33. The van der Waals surface area contributed by atoms with Crippen molar-refractivity contribution in [1.82, 2.24) is 19.6 Å². The zero-order valence-corrected chi connectivity index (χ0v) is 14.6. The van der Waals surface area contributed by atoms with Crippen LogP contribution in [0.5, 0.6) is 6.01 Å². The molecule has 10 heteroatoms. The Morgan fingerprint density at radius 3 is 2.46 bits per heavy atom. The van der Waals surface area contributed by atoms with Crippen molar-refractivity contribution in [2.75, 3.05) is 20.2 Å². The Labute approximate surface area is 151 Å². The lowest BCUT2D eigenvalue weighted by molar-refractivity contribution is 0.253. The molecule has 0 fully saturated rings. The van der Waals surface area contributed by atoms with E-state index in [0.29, 0.717) is 17.1 Å². The standard InChI is InChI=1S/C15H14ClFN4O2.CH2F2/c1-2-11-12(9-3-5-10(16)6-4-9)13-18-14(23-8-7-17)19-15(22)21(13)20-11;2-1-3/h3-6H,2,7-8H2,1H3,(H,18,19,22);1H2. The monoisotopic (exact) mass is 388 g/mol. The highest BCUT2D eigenvalue weighted by Crippen LogP contribution is 2.28. The molecule has 2 aromatic heterocycles. The van der Waals surface area contributed by atoms with E-state index >= 15 is 0 Å². The van der Waals surface area contributed by atoms with Crippen molar-refractivity contribution >= 4 is 17.2 Å². The maximum Gasteiger partial charge on any atom is 0.352 e. The van der Waals surface area contributed by atoms with E-state index in [0.717, 1.165) is 16.8 Å². The summed E-state index contributed by atoms with van der Waals surface area (Å²) in [6.07, 6.45) is 0.626. The van der Waals surface area contributed by atoms with Gasteiger partial charge in [0.05, 0.1) is 11.3 Å². The van der Waals surface area contributed by atoms with Crippen molar-refractivity contribution in [2.45, 2.75) is 13.3 Å². The van der Waals surface area contributed by atoms with Crippen molar-refractivity contribution in [2.24, 2.45) is 0 Å². The number of alkyl halides is 3. The maximum atomic E-state index is 12.3. The van der Waals surface area contributed by atoms with Gasteiger partial charge in [0.1, 0.15) is 13.3 Å². The average Bonchev–Trinajstić information content (AvgIpc) is 3.00. The van der Waals surface area contributed by atoms with Crippen LogP contribution in [0.15, 0.2) is 29.1 Å². The number of H-pyrrole nitrogens is 1. The van der Waals surface area contributed by atoms with E-state index in [1.807, 2.05) is 19.1 Å². The molecule has 0 unspecified atom stereocenters. The van der Waals surface area contributed by atoms with Gasteiger partial charge in [0.15, 0.2) is 5.65 Å². The van der Waals surface area contributed by atoms with Crippen molar-refractivity contribution in [3.05, 3.63) is 45.5 Å². The molecule has 0 amide bonds. The van der Waals surface area contributed by atoms with Gasteiger partial charge in [-0.1, -0.05) is 30.7 Å². The molecule has 0 saturated carbocycles. The van der Waals surface area contributed by atoms with Crippen molar-refractivity contribution in [3.63, 3.8) is 0 Å². The van der Waals surface area contributed by atoms with E-state index in [2.05, 4.69) is 15.1 Å². The van der Waals surface area contributed by atoms with Crippen LogP contribution in [-0.2, 0) is 6.42 Å². The molecule has 2 heterocycles. The molecular weight excluding hydrogens is 373 g/mol. The number of hydrogen-bond donors (Lipinski definition) is 1. The van der Waals surface area contributed by atoms with Crippen LogP contribution in [0.1, 0.15) is 12.6 Å². The Bertz CT molecular complexity index is 912. The van der Waals surface area contributed by atoms with E-state index < -0.39 is 19.3 Å². The first kappa shape index (κ1) is 19.8. The van der Waals surface area contributed by atoms with Gasteiger partial charge in [0, 0.05) is 5.02 Å². The second-order valence-corrected chi connectivity index (χ2v) is 5.34. The number of aromatic nitrogens is 4. The number of benzene rings is 1. The second kappa shape index (κ2) is 9.23. The first-order valence-electron chi connectivity index (χ1n) is 7.64. The highest BCUT2D eigenvalue weighted by atomic mass is 35.5. The summed E-state index contributed by atoms with van der Waals surface area (Å²) in [6, 6.07) is 7.16. The molecule has 0 aliphatic heterocycles. The summed E-state index contributed by atoms with van der Waals surface area (Å²) in [5, 5.41) is 4.91. The molecule has 1 aromatic carbocycles. The fourth-order valence-corrected chi connectivity index (χ4v) is 2.46. The van der Waals surface area contributed by atoms with E-state index in [9.17, 15) is 18.0 Å². The van der Waals surface area contributed by atoms with Gasteiger partial charge in [-0.05, 0) is 24.1 Å². The molecule has 26 heavy (non-hydrogen) atoms. The van der Waals surface area contributed by atoms with Crippen LogP contribution in [-0.4, -0.2) is 39.8 Å². The van der Waals surface area contributed by atoms with Gasteiger partial charge < -0.3 is 4.74 Å². The topological polar surface area (TPSA) is 72.3 Å². The minimum absolute atomic E-state index is 0.0297. The van der Waals surface area contributed by atoms with Crippen LogP contribution in [0.3, 0.4) is 0 Å².